The zero-order chi connectivity index (χ0) is 32.6. The first kappa shape index (κ1) is 39.4. The van der Waals surface area contributed by atoms with Crippen molar-refractivity contribution in [3.05, 3.63) is 91.0 Å². The smallest absolute Gasteiger partial charge is 0.174 e. The van der Waals surface area contributed by atoms with Gasteiger partial charge in [0.2, 0.25) is 0 Å². The van der Waals surface area contributed by atoms with Crippen molar-refractivity contribution in [2.75, 3.05) is 78.9 Å². The van der Waals surface area contributed by atoms with Gasteiger partial charge in [-0.3, -0.25) is 9.80 Å². The summed E-state index contributed by atoms with van der Waals surface area (Å²) in [5.41, 5.74) is 0. The summed E-state index contributed by atoms with van der Waals surface area (Å²) in [7, 11) is 0. The molecule has 1 heterocycles. The molecule has 0 atom stereocenters. The molecule has 0 spiro atoms. The maximum absolute atomic E-state index is 8.97. The lowest BCUT2D eigenvalue weighted by atomic mass is 10.3. The van der Waals surface area contributed by atoms with E-state index < -0.39 is 0 Å². The Hall–Kier alpha value is -3.61. The fourth-order valence-corrected chi connectivity index (χ4v) is 4.12. The number of unbranched alkanes of at least 4 members (excludes halogenated alkanes) is 1. The number of hydrogen-bond acceptors (Lipinski definition) is 8. The van der Waals surface area contributed by atoms with Crippen molar-refractivity contribution in [3.8, 4) is 23.3 Å². The summed E-state index contributed by atoms with van der Waals surface area (Å²) in [6.07, 6.45) is 3.43. The highest BCUT2D eigenvalue weighted by molar-refractivity contribution is 5.22. The first-order valence-corrected chi connectivity index (χ1v) is 16.3. The third kappa shape index (κ3) is 21.7. The van der Waals surface area contributed by atoms with Crippen LogP contribution in [0.2, 0.25) is 0 Å². The zero-order valence-electron chi connectivity index (χ0n) is 27.7. The number of aliphatic hydroxyl groups is 1. The van der Waals surface area contributed by atoms with Crippen LogP contribution in [0.3, 0.4) is 0 Å². The molecule has 1 aliphatic heterocycles. The maximum Gasteiger partial charge on any atom is 0.174 e. The molecule has 0 aliphatic carbocycles. The van der Waals surface area contributed by atoms with Gasteiger partial charge in [0.25, 0.3) is 0 Å². The third-order valence-electron chi connectivity index (χ3n) is 6.44. The van der Waals surface area contributed by atoms with Crippen LogP contribution < -0.4 is 14.2 Å². The molecule has 8 nitrogen and oxygen atoms in total. The monoisotopic (exact) mass is 621 g/mol. The van der Waals surface area contributed by atoms with E-state index in [1.807, 2.05) is 111 Å². The van der Waals surface area contributed by atoms with Crippen molar-refractivity contribution in [3.63, 3.8) is 0 Å². The standard InChI is InChI=1S/C14H23NO2.C13H19NO2.C8H7NO.C2H6/c1-2-3-9-15(10-12-16)11-13-17-14-7-5-4-6-8-14;1-2-5-13(6-3-1)16-10-4-7-14-8-11-15-12-9-14;9-6-7-10-8-4-2-1-3-5-8;1-2/h4-8,16H,2-3,9-13H2,1H3;1-3,5-6H,4,7-12H2;1-5H,7H2;1-2H3. The Balaban J connectivity index is 0.000000338. The van der Waals surface area contributed by atoms with Crippen molar-refractivity contribution in [1.29, 1.82) is 5.26 Å². The van der Waals surface area contributed by atoms with Gasteiger partial charge in [0.05, 0.1) is 26.4 Å². The normalized spacial score (nSPS) is 12.2. The summed E-state index contributed by atoms with van der Waals surface area (Å²) in [5, 5.41) is 17.1. The van der Waals surface area contributed by atoms with Crippen molar-refractivity contribution < 1.29 is 24.1 Å². The van der Waals surface area contributed by atoms with E-state index in [9.17, 15) is 0 Å². The van der Waals surface area contributed by atoms with E-state index in [2.05, 4.69) is 16.7 Å². The average molecular weight is 622 g/mol. The van der Waals surface area contributed by atoms with Crippen LogP contribution in [-0.2, 0) is 4.74 Å². The highest BCUT2D eigenvalue weighted by Crippen LogP contribution is 2.10. The summed E-state index contributed by atoms with van der Waals surface area (Å²) in [6.45, 7) is 15.6. The first-order chi connectivity index (χ1) is 22.2. The van der Waals surface area contributed by atoms with Gasteiger partial charge in [-0.2, -0.15) is 5.26 Å². The van der Waals surface area contributed by atoms with Gasteiger partial charge in [0.1, 0.15) is 29.9 Å². The maximum atomic E-state index is 8.97. The van der Waals surface area contributed by atoms with Crippen molar-refractivity contribution in [1.82, 2.24) is 9.80 Å². The molecule has 8 heteroatoms. The molecule has 0 bridgehead atoms. The van der Waals surface area contributed by atoms with Gasteiger partial charge >= 0.3 is 0 Å². The number of benzene rings is 3. The minimum Gasteiger partial charge on any atom is -0.494 e. The van der Waals surface area contributed by atoms with Crippen molar-refractivity contribution >= 4 is 0 Å². The Morgan fingerprint density at radius 1 is 0.733 bits per heavy atom. The van der Waals surface area contributed by atoms with Gasteiger partial charge in [0.15, 0.2) is 6.61 Å². The van der Waals surface area contributed by atoms with E-state index in [0.29, 0.717) is 6.61 Å². The van der Waals surface area contributed by atoms with Crippen LogP contribution in [0.4, 0.5) is 0 Å². The molecule has 0 radical (unpaired) electrons. The first-order valence-electron chi connectivity index (χ1n) is 16.3. The predicted octanol–water partition coefficient (Wildman–Crippen LogP) is 6.56. The molecule has 1 fully saturated rings. The molecule has 1 N–H and O–H groups in total. The molecular weight excluding hydrogens is 566 g/mol. The van der Waals surface area contributed by atoms with Gasteiger partial charge < -0.3 is 24.1 Å². The van der Waals surface area contributed by atoms with Crippen LogP contribution in [0.25, 0.3) is 0 Å². The molecule has 0 saturated carbocycles. The topological polar surface area (TPSA) is 87.4 Å². The third-order valence-corrected chi connectivity index (χ3v) is 6.44. The Morgan fingerprint density at radius 3 is 1.73 bits per heavy atom. The Labute approximate surface area is 272 Å². The predicted molar refractivity (Wildman–Crippen MR) is 183 cm³/mol. The van der Waals surface area contributed by atoms with Gasteiger partial charge in [-0.05, 0) is 55.8 Å². The highest BCUT2D eigenvalue weighted by atomic mass is 16.5. The fourth-order valence-electron chi connectivity index (χ4n) is 4.12. The van der Waals surface area contributed by atoms with E-state index in [0.717, 1.165) is 82.8 Å². The second-order valence-electron chi connectivity index (χ2n) is 9.81. The Kier molecular flexibility index (Phi) is 25.5. The number of ether oxygens (including phenoxy) is 4. The summed E-state index contributed by atoms with van der Waals surface area (Å²) < 4.78 is 21.6. The SMILES string of the molecule is CC.CCCCN(CCO)CCOc1ccccc1.N#CCOc1ccccc1.c1ccc(OCCCN2CCOCC2)cc1. The van der Waals surface area contributed by atoms with Crippen molar-refractivity contribution in [2.45, 2.75) is 40.0 Å². The second kappa shape index (κ2) is 29.1. The molecule has 0 amide bonds. The lowest BCUT2D eigenvalue weighted by Crippen LogP contribution is -2.37. The molecule has 45 heavy (non-hydrogen) atoms. The number of aliphatic hydroxyl groups excluding tert-OH is 1. The molecule has 0 aromatic heterocycles. The zero-order valence-corrected chi connectivity index (χ0v) is 27.7. The van der Waals surface area contributed by atoms with E-state index >= 15 is 0 Å². The number of morpholine rings is 1. The average Bonchev–Trinajstić information content (AvgIpc) is 3.11. The number of rotatable bonds is 16. The van der Waals surface area contributed by atoms with Gasteiger partial charge in [-0.25, -0.2) is 0 Å². The Morgan fingerprint density at radius 2 is 1.24 bits per heavy atom. The van der Waals surface area contributed by atoms with Crippen LogP contribution in [0, 0.1) is 11.3 Å². The number of nitriles is 1. The lowest BCUT2D eigenvalue weighted by molar-refractivity contribution is 0.0358. The molecule has 4 rings (SSSR count). The van der Waals surface area contributed by atoms with Crippen LogP contribution in [0.1, 0.15) is 40.0 Å². The summed E-state index contributed by atoms with van der Waals surface area (Å²) in [4.78, 5) is 4.67. The number of nitrogens with zero attached hydrogens (tertiary/aromatic N) is 3. The fraction of sp³-hybridized carbons (Fsp3) is 0.486. The lowest BCUT2D eigenvalue weighted by Gasteiger charge is -2.26. The summed E-state index contributed by atoms with van der Waals surface area (Å²) >= 11 is 0. The quantitative estimate of drug-likeness (QED) is 0.180. The van der Waals surface area contributed by atoms with Gasteiger partial charge in [-0.1, -0.05) is 81.8 Å². The molecule has 1 aliphatic rings. The van der Waals surface area contributed by atoms with Crippen LogP contribution in [-0.4, -0.2) is 93.8 Å². The molecular formula is C37H55N3O5. The second-order valence-corrected chi connectivity index (χ2v) is 9.81. The molecule has 1 saturated heterocycles. The minimum atomic E-state index is 0.115. The summed E-state index contributed by atoms with van der Waals surface area (Å²) in [6, 6.07) is 31.0. The number of hydrogen-bond donors (Lipinski definition) is 1. The summed E-state index contributed by atoms with van der Waals surface area (Å²) in [5.74, 6) is 2.61. The van der Waals surface area contributed by atoms with E-state index in [1.165, 1.54) is 12.8 Å². The number of para-hydroxylation sites is 3. The van der Waals surface area contributed by atoms with Gasteiger partial charge in [0, 0.05) is 32.7 Å². The van der Waals surface area contributed by atoms with E-state index in [-0.39, 0.29) is 13.2 Å². The van der Waals surface area contributed by atoms with Gasteiger partial charge in [-0.15, -0.1) is 0 Å². The molecule has 0 unspecified atom stereocenters. The van der Waals surface area contributed by atoms with E-state index in [1.54, 1.807) is 0 Å². The highest BCUT2D eigenvalue weighted by Gasteiger charge is 2.09. The largest absolute Gasteiger partial charge is 0.494 e. The minimum absolute atomic E-state index is 0.115. The van der Waals surface area contributed by atoms with E-state index in [4.69, 9.17) is 29.3 Å². The molecule has 248 valence electrons. The van der Waals surface area contributed by atoms with Crippen LogP contribution >= 0.6 is 0 Å². The van der Waals surface area contributed by atoms with Crippen molar-refractivity contribution in [2.24, 2.45) is 0 Å². The van der Waals surface area contributed by atoms with Crippen LogP contribution in [0.15, 0.2) is 91.0 Å². The molecule has 3 aromatic rings. The molecule has 3 aromatic carbocycles. The Bertz CT molecular complexity index is 1060. The van der Waals surface area contributed by atoms with Crippen LogP contribution in [0.5, 0.6) is 17.2 Å².